The molecule has 2 N–H and O–H groups in total. The van der Waals surface area contributed by atoms with Crippen molar-refractivity contribution in [1.82, 2.24) is 9.88 Å². The molecular formula is C13H15F2N3S. The second-order valence-corrected chi connectivity index (χ2v) is 5.31. The molecule has 1 heterocycles. The lowest BCUT2D eigenvalue weighted by Crippen LogP contribution is -2.21. The van der Waals surface area contributed by atoms with Crippen LogP contribution in [0, 0.1) is 11.6 Å². The first kappa shape index (κ1) is 14.0. The smallest absolute Gasteiger partial charge is 0.159 e. The van der Waals surface area contributed by atoms with Gasteiger partial charge in [-0.15, -0.1) is 11.3 Å². The molecule has 2 aromatic rings. The molecular weight excluding hydrogens is 268 g/mol. The van der Waals surface area contributed by atoms with Crippen molar-refractivity contribution in [2.75, 3.05) is 14.1 Å². The number of aromatic nitrogens is 1. The molecule has 3 nitrogen and oxygen atoms in total. The van der Waals surface area contributed by atoms with Crippen molar-refractivity contribution in [3.63, 3.8) is 0 Å². The highest BCUT2D eigenvalue weighted by molar-refractivity contribution is 7.09. The lowest BCUT2D eigenvalue weighted by molar-refractivity contribution is 0.339. The van der Waals surface area contributed by atoms with Crippen LogP contribution in [-0.4, -0.2) is 24.0 Å². The fraction of sp³-hybridized carbons (Fsp3) is 0.308. The van der Waals surface area contributed by atoms with Crippen LogP contribution >= 0.6 is 11.3 Å². The van der Waals surface area contributed by atoms with Crippen LogP contribution in [-0.2, 0) is 6.54 Å². The maximum absolute atomic E-state index is 13.4. The van der Waals surface area contributed by atoms with Crippen LogP contribution in [0.15, 0.2) is 23.6 Å². The highest BCUT2D eigenvalue weighted by atomic mass is 32.1. The lowest BCUT2D eigenvalue weighted by atomic mass is 10.1. The summed E-state index contributed by atoms with van der Waals surface area (Å²) in [6.07, 6.45) is 0. The van der Waals surface area contributed by atoms with Crippen molar-refractivity contribution in [3.8, 4) is 0 Å². The summed E-state index contributed by atoms with van der Waals surface area (Å²) in [7, 11) is 3.74. The van der Waals surface area contributed by atoms with E-state index in [0.29, 0.717) is 12.1 Å². The first-order valence-corrected chi connectivity index (χ1v) is 6.66. The number of hydrogen-bond donors (Lipinski definition) is 1. The third kappa shape index (κ3) is 2.97. The molecule has 0 fully saturated rings. The van der Waals surface area contributed by atoms with Crippen molar-refractivity contribution in [2.24, 2.45) is 5.73 Å². The van der Waals surface area contributed by atoms with E-state index >= 15 is 0 Å². The summed E-state index contributed by atoms with van der Waals surface area (Å²) in [6, 6.07) is 3.72. The normalized spacial score (nSPS) is 12.9. The third-order valence-corrected chi connectivity index (χ3v) is 3.73. The van der Waals surface area contributed by atoms with E-state index in [1.54, 1.807) is 6.07 Å². The number of hydrogen-bond acceptors (Lipinski definition) is 4. The molecule has 1 unspecified atom stereocenters. The molecule has 0 saturated heterocycles. The van der Waals surface area contributed by atoms with Gasteiger partial charge in [0.25, 0.3) is 0 Å². The van der Waals surface area contributed by atoms with Gasteiger partial charge in [0, 0.05) is 11.9 Å². The Hall–Kier alpha value is -1.37. The van der Waals surface area contributed by atoms with E-state index in [-0.39, 0.29) is 6.04 Å². The van der Waals surface area contributed by atoms with Gasteiger partial charge < -0.3 is 5.73 Å². The molecule has 0 aliphatic rings. The van der Waals surface area contributed by atoms with Gasteiger partial charge in [0.2, 0.25) is 0 Å². The Morgan fingerprint density at radius 3 is 2.58 bits per heavy atom. The fourth-order valence-corrected chi connectivity index (χ4v) is 2.94. The number of benzene rings is 1. The second kappa shape index (κ2) is 5.73. The zero-order valence-corrected chi connectivity index (χ0v) is 11.5. The zero-order valence-electron chi connectivity index (χ0n) is 10.7. The highest BCUT2D eigenvalue weighted by Gasteiger charge is 2.21. The van der Waals surface area contributed by atoms with E-state index in [2.05, 4.69) is 4.98 Å². The standard InChI is InChI=1S/C13H15F2N3S/c1-18(2)12(13-17-9(6-16)7-19-13)8-3-4-10(14)11(15)5-8/h3-5,7,12H,6,16H2,1-2H3. The predicted octanol–water partition coefficient (Wildman–Crippen LogP) is 2.53. The van der Waals surface area contributed by atoms with Crippen LogP contribution in [0.25, 0.3) is 0 Å². The Labute approximate surface area is 114 Å². The van der Waals surface area contributed by atoms with Gasteiger partial charge in [-0.3, -0.25) is 4.90 Å². The molecule has 19 heavy (non-hydrogen) atoms. The van der Waals surface area contributed by atoms with Crippen LogP contribution in [0.3, 0.4) is 0 Å². The first-order chi connectivity index (χ1) is 9.02. The van der Waals surface area contributed by atoms with Gasteiger partial charge in [-0.05, 0) is 31.8 Å². The van der Waals surface area contributed by atoms with Crippen molar-refractivity contribution in [2.45, 2.75) is 12.6 Å². The molecule has 2 rings (SSSR count). The third-order valence-electron chi connectivity index (χ3n) is 2.79. The summed E-state index contributed by atoms with van der Waals surface area (Å²) in [5.41, 5.74) is 7.01. The monoisotopic (exact) mass is 283 g/mol. The van der Waals surface area contributed by atoms with Gasteiger partial charge in [0.1, 0.15) is 5.01 Å². The van der Waals surface area contributed by atoms with E-state index in [1.807, 2.05) is 24.4 Å². The molecule has 0 spiro atoms. The Bertz CT molecular complexity index is 569. The quantitative estimate of drug-likeness (QED) is 0.937. The van der Waals surface area contributed by atoms with Crippen LogP contribution in [0.5, 0.6) is 0 Å². The SMILES string of the molecule is CN(C)C(c1ccc(F)c(F)c1)c1nc(CN)cs1. The van der Waals surface area contributed by atoms with Gasteiger partial charge in [0.05, 0.1) is 11.7 Å². The van der Waals surface area contributed by atoms with Crippen molar-refractivity contribution in [1.29, 1.82) is 0 Å². The molecule has 6 heteroatoms. The van der Waals surface area contributed by atoms with Gasteiger partial charge >= 0.3 is 0 Å². The number of nitrogens with two attached hydrogens (primary N) is 1. The summed E-state index contributed by atoms with van der Waals surface area (Å²) < 4.78 is 26.4. The molecule has 1 aromatic carbocycles. The number of halogens is 2. The van der Waals surface area contributed by atoms with Crippen LogP contribution in [0.4, 0.5) is 8.78 Å². The van der Waals surface area contributed by atoms with E-state index < -0.39 is 11.6 Å². The Balaban J connectivity index is 2.42. The van der Waals surface area contributed by atoms with Crippen LogP contribution in [0.1, 0.15) is 22.3 Å². The Kier molecular flexibility index (Phi) is 4.24. The fourth-order valence-electron chi connectivity index (χ4n) is 1.89. The van der Waals surface area contributed by atoms with Crippen LogP contribution < -0.4 is 5.73 Å². The minimum atomic E-state index is -0.847. The summed E-state index contributed by atoms with van der Waals surface area (Å²) in [4.78, 5) is 6.32. The summed E-state index contributed by atoms with van der Waals surface area (Å²) in [5.74, 6) is -1.69. The topological polar surface area (TPSA) is 42.2 Å². The van der Waals surface area contributed by atoms with Crippen molar-refractivity contribution >= 4 is 11.3 Å². The average Bonchev–Trinajstić information content (AvgIpc) is 2.82. The largest absolute Gasteiger partial charge is 0.325 e. The van der Waals surface area contributed by atoms with E-state index in [1.165, 1.54) is 17.4 Å². The molecule has 0 saturated carbocycles. The van der Waals surface area contributed by atoms with Gasteiger partial charge in [-0.1, -0.05) is 6.07 Å². The van der Waals surface area contributed by atoms with E-state index in [4.69, 9.17) is 5.73 Å². The highest BCUT2D eigenvalue weighted by Crippen LogP contribution is 2.29. The number of nitrogens with zero attached hydrogens (tertiary/aromatic N) is 2. The van der Waals surface area contributed by atoms with Crippen molar-refractivity contribution < 1.29 is 8.78 Å². The zero-order chi connectivity index (χ0) is 14.0. The van der Waals surface area contributed by atoms with E-state index in [9.17, 15) is 8.78 Å². The molecule has 0 aliphatic carbocycles. The first-order valence-electron chi connectivity index (χ1n) is 5.78. The van der Waals surface area contributed by atoms with Gasteiger partial charge in [-0.2, -0.15) is 0 Å². The molecule has 0 bridgehead atoms. The maximum Gasteiger partial charge on any atom is 0.159 e. The molecule has 1 atom stereocenters. The predicted molar refractivity (Wildman–Crippen MR) is 71.9 cm³/mol. The summed E-state index contributed by atoms with van der Waals surface area (Å²) in [6.45, 7) is 0.369. The molecule has 102 valence electrons. The lowest BCUT2D eigenvalue weighted by Gasteiger charge is -2.22. The minimum Gasteiger partial charge on any atom is -0.325 e. The summed E-state index contributed by atoms with van der Waals surface area (Å²) in [5, 5.41) is 2.70. The molecule has 0 amide bonds. The second-order valence-electron chi connectivity index (χ2n) is 4.42. The number of rotatable bonds is 4. The van der Waals surface area contributed by atoms with Gasteiger partial charge in [-0.25, -0.2) is 13.8 Å². The minimum absolute atomic E-state index is 0.208. The Morgan fingerprint density at radius 2 is 2.05 bits per heavy atom. The molecule has 0 aliphatic heterocycles. The summed E-state index contributed by atoms with van der Waals surface area (Å²) >= 11 is 1.47. The maximum atomic E-state index is 13.4. The van der Waals surface area contributed by atoms with E-state index in [0.717, 1.165) is 16.8 Å². The van der Waals surface area contributed by atoms with Crippen molar-refractivity contribution in [3.05, 3.63) is 51.5 Å². The average molecular weight is 283 g/mol. The van der Waals surface area contributed by atoms with Gasteiger partial charge in [0.15, 0.2) is 11.6 Å². The molecule has 1 aromatic heterocycles. The Morgan fingerprint density at radius 1 is 1.32 bits per heavy atom. The van der Waals surface area contributed by atoms with Crippen LogP contribution in [0.2, 0.25) is 0 Å². The number of thiazole rings is 1. The molecule has 0 radical (unpaired) electrons.